The monoisotopic (exact) mass is 338 g/mol. The van der Waals surface area contributed by atoms with Crippen LogP contribution in [0.25, 0.3) is 5.65 Å². The number of fused-ring (bicyclic) bond motifs is 4. The molecule has 0 radical (unpaired) electrons. The van der Waals surface area contributed by atoms with Crippen LogP contribution in [0.15, 0.2) is 29.5 Å². The number of piperidine rings is 1. The normalized spacial score (nSPS) is 23.6. The second-order valence-electron chi connectivity index (χ2n) is 7.25. The van der Waals surface area contributed by atoms with Gasteiger partial charge in [-0.3, -0.25) is 14.8 Å². The second-order valence-corrected chi connectivity index (χ2v) is 7.25. The van der Waals surface area contributed by atoms with E-state index in [1.807, 2.05) is 12.4 Å². The van der Waals surface area contributed by atoms with E-state index in [9.17, 15) is 4.79 Å². The Labute approximate surface area is 145 Å². The standard InChI is InChI=1S/C18H22N6O/c1-22-11-19-18-13-3-2-8-23(14(13)4-5-15(18)22)10-12-9-17(25)24-16(21-12)6-7-20-24/h6-7,9,11,13-14,20H,2-5,8,10H2,1H3. The van der Waals surface area contributed by atoms with Crippen LogP contribution in [0.5, 0.6) is 0 Å². The van der Waals surface area contributed by atoms with E-state index in [1.165, 1.54) is 28.7 Å². The van der Waals surface area contributed by atoms with Gasteiger partial charge in [0.25, 0.3) is 5.56 Å². The number of H-pyrrole nitrogens is 1. The fourth-order valence-corrected chi connectivity index (χ4v) is 4.66. The summed E-state index contributed by atoms with van der Waals surface area (Å²) in [5, 5.41) is 2.89. The lowest BCUT2D eigenvalue weighted by atomic mass is 9.78. The van der Waals surface area contributed by atoms with Crippen molar-refractivity contribution in [2.24, 2.45) is 7.05 Å². The molecule has 7 heteroatoms. The molecule has 1 saturated heterocycles. The second kappa shape index (κ2) is 5.56. The topological polar surface area (TPSA) is 71.2 Å². The average molecular weight is 338 g/mol. The summed E-state index contributed by atoms with van der Waals surface area (Å²) in [6, 6.07) is 4.00. The van der Waals surface area contributed by atoms with E-state index < -0.39 is 0 Å². The van der Waals surface area contributed by atoms with E-state index in [1.54, 1.807) is 12.3 Å². The van der Waals surface area contributed by atoms with Crippen molar-refractivity contribution in [3.63, 3.8) is 0 Å². The Morgan fingerprint density at radius 2 is 2.28 bits per heavy atom. The third-order valence-corrected chi connectivity index (χ3v) is 5.81. The van der Waals surface area contributed by atoms with E-state index >= 15 is 0 Å². The average Bonchev–Trinajstić information content (AvgIpc) is 3.22. The molecule has 1 fully saturated rings. The van der Waals surface area contributed by atoms with Gasteiger partial charge in [-0.1, -0.05) is 0 Å². The summed E-state index contributed by atoms with van der Waals surface area (Å²) in [5.41, 5.74) is 4.18. The first-order chi connectivity index (χ1) is 12.2. The molecule has 2 atom stereocenters. The van der Waals surface area contributed by atoms with Crippen molar-refractivity contribution in [1.29, 1.82) is 0 Å². The number of imidazole rings is 1. The Morgan fingerprint density at radius 1 is 1.36 bits per heavy atom. The van der Waals surface area contributed by atoms with Crippen molar-refractivity contribution in [1.82, 2.24) is 29.0 Å². The van der Waals surface area contributed by atoms with Gasteiger partial charge in [-0.05, 0) is 32.2 Å². The van der Waals surface area contributed by atoms with Crippen LogP contribution in [0.3, 0.4) is 0 Å². The summed E-state index contributed by atoms with van der Waals surface area (Å²) in [4.78, 5) is 24.1. The number of hydrogen-bond donors (Lipinski definition) is 1. The number of likely N-dealkylation sites (tertiary alicyclic amines) is 1. The zero-order valence-electron chi connectivity index (χ0n) is 14.4. The Kier molecular flexibility index (Phi) is 3.31. The van der Waals surface area contributed by atoms with Gasteiger partial charge in [0.15, 0.2) is 5.65 Å². The lowest BCUT2D eigenvalue weighted by Gasteiger charge is -2.43. The zero-order chi connectivity index (χ0) is 17.0. The number of nitrogens with one attached hydrogen (secondary N) is 1. The molecule has 0 bridgehead atoms. The molecule has 1 aliphatic heterocycles. The Hall–Kier alpha value is -2.41. The van der Waals surface area contributed by atoms with Crippen molar-refractivity contribution in [3.8, 4) is 0 Å². The van der Waals surface area contributed by atoms with Crippen molar-refractivity contribution in [2.75, 3.05) is 6.54 Å². The fraction of sp³-hybridized carbons (Fsp3) is 0.500. The van der Waals surface area contributed by atoms with Crippen LogP contribution >= 0.6 is 0 Å². The van der Waals surface area contributed by atoms with E-state index in [0.29, 0.717) is 17.6 Å². The smallest absolute Gasteiger partial charge is 0.272 e. The molecule has 4 heterocycles. The highest BCUT2D eigenvalue weighted by Crippen LogP contribution is 2.40. The third-order valence-electron chi connectivity index (χ3n) is 5.81. The van der Waals surface area contributed by atoms with Crippen LogP contribution in [0.4, 0.5) is 0 Å². The van der Waals surface area contributed by atoms with E-state index in [2.05, 4.69) is 26.6 Å². The molecule has 3 aromatic rings. The van der Waals surface area contributed by atoms with Crippen LogP contribution in [0.1, 0.15) is 42.3 Å². The summed E-state index contributed by atoms with van der Waals surface area (Å²) < 4.78 is 3.65. The molecular weight excluding hydrogens is 316 g/mol. The van der Waals surface area contributed by atoms with Crippen molar-refractivity contribution in [3.05, 3.63) is 52.1 Å². The highest BCUT2D eigenvalue weighted by atomic mass is 16.1. The molecule has 0 amide bonds. The van der Waals surface area contributed by atoms with Crippen LogP contribution in [-0.4, -0.2) is 41.6 Å². The number of rotatable bonds is 2. The Bertz CT molecular complexity index is 983. The predicted octanol–water partition coefficient (Wildman–Crippen LogP) is 1.45. The predicted molar refractivity (Wildman–Crippen MR) is 93.5 cm³/mol. The summed E-state index contributed by atoms with van der Waals surface area (Å²) in [6.45, 7) is 1.80. The number of aryl methyl sites for hydroxylation is 1. The molecule has 0 saturated carbocycles. The molecule has 130 valence electrons. The number of aromatic nitrogens is 5. The summed E-state index contributed by atoms with van der Waals surface area (Å²) in [6.07, 6.45) is 8.31. The minimum Gasteiger partial charge on any atom is -0.337 e. The zero-order valence-corrected chi connectivity index (χ0v) is 14.4. The maximum atomic E-state index is 12.2. The lowest BCUT2D eigenvalue weighted by Crippen LogP contribution is -2.46. The van der Waals surface area contributed by atoms with Crippen LogP contribution in [0.2, 0.25) is 0 Å². The van der Waals surface area contributed by atoms with E-state index in [4.69, 9.17) is 4.98 Å². The van der Waals surface area contributed by atoms with Gasteiger partial charge in [0.05, 0.1) is 17.7 Å². The van der Waals surface area contributed by atoms with Crippen molar-refractivity contribution in [2.45, 2.75) is 44.2 Å². The molecule has 3 aromatic heterocycles. The molecular formula is C18H22N6O. The van der Waals surface area contributed by atoms with Crippen LogP contribution < -0.4 is 5.56 Å². The first-order valence-corrected chi connectivity index (χ1v) is 9.01. The summed E-state index contributed by atoms with van der Waals surface area (Å²) in [5.74, 6) is 0.510. The molecule has 0 spiro atoms. The van der Waals surface area contributed by atoms with Gasteiger partial charge in [0.1, 0.15) is 0 Å². The SMILES string of the molecule is Cn1cnc2c1CCC1C2CCCN1Cc1cc(=O)n2[nH]ccc2n1. The quantitative estimate of drug-likeness (QED) is 0.768. The minimum absolute atomic E-state index is 0.0470. The van der Waals surface area contributed by atoms with Crippen LogP contribution in [0, 0.1) is 0 Å². The van der Waals surface area contributed by atoms with Gasteiger partial charge in [-0.2, -0.15) is 0 Å². The molecule has 1 aliphatic carbocycles. The first-order valence-electron chi connectivity index (χ1n) is 9.01. The summed E-state index contributed by atoms with van der Waals surface area (Å²) >= 11 is 0. The van der Waals surface area contributed by atoms with Gasteiger partial charge >= 0.3 is 0 Å². The number of hydrogen-bond acceptors (Lipinski definition) is 4. The largest absolute Gasteiger partial charge is 0.337 e. The first kappa shape index (κ1) is 14.9. The fourth-order valence-electron chi connectivity index (χ4n) is 4.66. The number of aromatic amines is 1. The van der Waals surface area contributed by atoms with Crippen molar-refractivity contribution < 1.29 is 0 Å². The highest BCUT2D eigenvalue weighted by Gasteiger charge is 2.38. The molecule has 25 heavy (non-hydrogen) atoms. The minimum atomic E-state index is -0.0470. The molecule has 1 N–H and O–H groups in total. The highest BCUT2D eigenvalue weighted by molar-refractivity contribution is 5.36. The van der Waals surface area contributed by atoms with Gasteiger partial charge in [-0.25, -0.2) is 14.5 Å². The Balaban J connectivity index is 1.45. The lowest BCUT2D eigenvalue weighted by molar-refractivity contribution is 0.101. The molecule has 5 rings (SSSR count). The van der Waals surface area contributed by atoms with Gasteiger partial charge in [0, 0.05) is 49.6 Å². The Morgan fingerprint density at radius 3 is 3.20 bits per heavy atom. The molecule has 7 nitrogen and oxygen atoms in total. The maximum absolute atomic E-state index is 12.2. The molecule has 0 aromatic carbocycles. The van der Waals surface area contributed by atoms with E-state index in [0.717, 1.165) is 31.6 Å². The van der Waals surface area contributed by atoms with Gasteiger partial charge in [0.2, 0.25) is 0 Å². The van der Waals surface area contributed by atoms with E-state index in [-0.39, 0.29) is 5.56 Å². The van der Waals surface area contributed by atoms with Crippen molar-refractivity contribution >= 4 is 5.65 Å². The van der Waals surface area contributed by atoms with Gasteiger partial charge in [-0.15, -0.1) is 0 Å². The summed E-state index contributed by atoms with van der Waals surface area (Å²) in [7, 11) is 2.09. The van der Waals surface area contributed by atoms with Gasteiger partial charge < -0.3 is 4.57 Å². The molecule has 2 unspecified atom stereocenters. The maximum Gasteiger partial charge on any atom is 0.272 e. The van der Waals surface area contributed by atoms with Crippen LogP contribution in [-0.2, 0) is 20.0 Å². The molecule has 2 aliphatic rings. The number of nitrogens with zero attached hydrogens (tertiary/aromatic N) is 5. The third kappa shape index (κ3) is 2.33.